The maximum absolute atomic E-state index is 4.60. The number of aryl methyl sites for hydroxylation is 1. The third kappa shape index (κ3) is 5.60. The first-order chi connectivity index (χ1) is 13.6. The van der Waals surface area contributed by atoms with Crippen molar-refractivity contribution in [2.75, 3.05) is 10.6 Å². The van der Waals surface area contributed by atoms with Gasteiger partial charge in [-0.2, -0.15) is 15.0 Å². The molecule has 0 bridgehead atoms. The fourth-order valence-electron chi connectivity index (χ4n) is 2.59. The number of halogens is 1. The molecule has 1 heterocycles. The van der Waals surface area contributed by atoms with Gasteiger partial charge >= 0.3 is 0 Å². The van der Waals surface area contributed by atoms with Crippen molar-refractivity contribution in [2.24, 2.45) is 4.99 Å². The van der Waals surface area contributed by atoms with E-state index in [-0.39, 0.29) is 0 Å². The van der Waals surface area contributed by atoms with Crippen molar-refractivity contribution < 1.29 is 0 Å². The van der Waals surface area contributed by atoms with Crippen molar-refractivity contribution in [1.82, 2.24) is 15.0 Å². The van der Waals surface area contributed by atoms with Crippen molar-refractivity contribution in [3.63, 3.8) is 0 Å². The standard InChI is InChI=1S/C21H23BrN6/c1-4-16(5-2)23-19-26-20(24-17-11-9-15(22)10-12-17)28-21(27-19)25-18-8-6-7-14(3)13-18/h6-13H,4-5H2,1-3H3,(H2,24,25,26,27,28). The number of benzene rings is 2. The molecule has 0 amide bonds. The summed E-state index contributed by atoms with van der Waals surface area (Å²) < 4.78 is 1.01. The van der Waals surface area contributed by atoms with Gasteiger partial charge < -0.3 is 10.6 Å². The van der Waals surface area contributed by atoms with Crippen molar-refractivity contribution in [1.29, 1.82) is 0 Å². The van der Waals surface area contributed by atoms with Gasteiger partial charge in [-0.05, 0) is 61.7 Å². The molecule has 0 aliphatic heterocycles. The van der Waals surface area contributed by atoms with E-state index in [1.165, 1.54) is 0 Å². The first kappa shape index (κ1) is 19.9. The SMILES string of the molecule is CCC(CC)=Nc1nc(Nc2ccc(Br)cc2)nc(Nc2cccc(C)c2)n1. The summed E-state index contributed by atoms with van der Waals surface area (Å²) in [5, 5.41) is 6.48. The lowest BCUT2D eigenvalue weighted by molar-refractivity contribution is 1.03. The van der Waals surface area contributed by atoms with Crippen LogP contribution in [0.5, 0.6) is 0 Å². The first-order valence-electron chi connectivity index (χ1n) is 9.24. The fraction of sp³-hybridized carbons (Fsp3) is 0.238. The minimum absolute atomic E-state index is 0.392. The lowest BCUT2D eigenvalue weighted by Crippen LogP contribution is -2.04. The highest BCUT2D eigenvalue weighted by molar-refractivity contribution is 9.10. The van der Waals surface area contributed by atoms with E-state index in [4.69, 9.17) is 0 Å². The Balaban J connectivity index is 1.95. The molecule has 0 atom stereocenters. The number of aromatic nitrogens is 3. The Hall–Kier alpha value is -2.80. The van der Waals surface area contributed by atoms with Crippen LogP contribution >= 0.6 is 15.9 Å². The molecule has 7 heteroatoms. The van der Waals surface area contributed by atoms with Gasteiger partial charge in [0.15, 0.2) is 0 Å². The highest BCUT2D eigenvalue weighted by Crippen LogP contribution is 2.22. The van der Waals surface area contributed by atoms with Crippen LogP contribution in [-0.4, -0.2) is 20.7 Å². The predicted octanol–water partition coefficient (Wildman–Crippen LogP) is 6.32. The normalized spacial score (nSPS) is 10.4. The van der Waals surface area contributed by atoms with Crippen LogP contribution in [0.15, 0.2) is 58.0 Å². The Kier molecular flexibility index (Phi) is 6.71. The molecule has 0 aliphatic carbocycles. The van der Waals surface area contributed by atoms with E-state index in [2.05, 4.69) is 60.4 Å². The summed E-state index contributed by atoms with van der Waals surface area (Å²) in [6.07, 6.45) is 1.72. The molecular weight excluding hydrogens is 416 g/mol. The number of hydrogen-bond donors (Lipinski definition) is 2. The minimum atomic E-state index is 0.392. The quantitative estimate of drug-likeness (QED) is 0.421. The molecule has 0 saturated heterocycles. The van der Waals surface area contributed by atoms with Gasteiger partial charge in [0.1, 0.15) is 0 Å². The predicted molar refractivity (Wildman–Crippen MR) is 119 cm³/mol. The van der Waals surface area contributed by atoms with Crippen molar-refractivity contribution in [3.8, 4) is 0 Å². The van der Waals surface area contributed by atoms with Gasteiger partial charge in [0, 0.05) is 21.6 Å². The molecule has 28 heavy (non-hydrogen) atoms. The van der Waals surface area contributed by atoms with E-state index >= 15 is 0 Å². The zero-order valence-electron chi connectivity index (χ0n) is 16.2. The second-order valence-corrected chi connectivity index (χ2v) is 7.21. The summed E-state index contributed by atoms with van der Waals surface area (Å²) in [4.78, 5) is 18.1. The summed E-state index contributed by atoms with van der Waals surface area (Å²) in [7, 11) is 0. The van der Waals surface area contributed by atoms with Gasteiger partial charge in [-0.15, -0.1) is 0 Å². The van der Waals surface area contributed by atoms with E-state index in [0.29, 0.717) is 17.8 Å². The number of anilines is 4. The largest absolute Gasteiger partial charge is 0.324 e. The Morgan fingerprint density at radius 2 is 1.54 bits per heavy atom. The zero-order chi connectivity index (χ0) is 19.9. The van der Waals surface area contributed by atoms with E-state index in [1.54, 1.807) is 0 Å². The Morgan fingerprint density at radius 1 is 0.893 bits per heavy atom. The maximum atomic E-state index is 4.60. The molecule has 0 aliphatic rings. The van der Waals surface area contributed by atoms with E-state index < -0.39 is 0 Å². The smallest absolute Gasteiger partial charge is 0.255 e. The molecule has 6 nitrogen and oxygen atoms in total. The van der Waals surface area contributed by atoms with Crippen LogP contribution in [0.1, 0.15) is 32.3 Å². The van der Waals surface area contributed by atoms with Crippen molar-refractivity contribution >= 4 is 50.9 Å². The fourth-order valence-corrected chi connectivity index (χ4v) is 2.85. The molecule has 0 radical (unpaired) electrons. The number of nitrogens with one attached hydrogen (secondary N) is 2. The highest BCUT2D eigenvalue weighted by atomic mass is 79.9. The molecule has 2 aromatic carbocycles. The van der Waals surface area contributed by atoms with Crippen molar-refractivity contribution in [3.05, 3.63) is 58.6 Å². The number of aliphatic imine (C=N–C) groups is 1. The summed E-state index contributed by atoms with van der Waals surface area (Å²) in [5.74, 6) is 1.28. The number of hydrogen-bond acceptors (Lipinski definition) is 6. The molecule has 144 valence electrons. The van der Waals surface area contributed by atoms with Gasteiger partial charge in [-0.25, -0.2) is 4.99 Å². The molecule has 0 spiro atoms. The number of rotatable bonds is 7. The average molecular weight is 439 g/mol. The Labute approximate surface area is 173 Å². The molecule has 1 aromatic heterocycles. The summed E-state index contributed by atoms with van der Waals surface area (Å²) in [6.45, 7) is 6.20. The lowest BCUT2D eigenvalue weighted by Gasteiger charge is -2.10. The van der Waals surface area contributed by atoms with Gasteiger partial charge in [0.25, 0.3) is 5.95 Å². The van der Waals surface area contributed by atoms with Gasteiger partial charge in [0.05, 0.1) is 0 Å². The van der Waals surface area contributed by atoms with E-state index in [9.17, 15) is 0 Å². The maximum Gasteiger partial charge on any atom is 0.255 e. The summed E-state index contributed by atoms with van der Waals surface area (Å²) in [6, 6.07) is 15.9. The van der Waals surface area contributed by atoms with Crippen LogP contribution in [0, 0.1) is 6.92 Å². The van der Waals surface area contributed by atoms with Crippen LogP contribution < -0.4 is 10.6 Å². The van der Waals surface area contributed by atoms with E-state index in [1.807, 2.05) is 55.5 Å². The highest BCUT2D eigenvalue weighted by Gasteiger charge is 2.08. The lowest BCUT2D eigenvalue weighted by atomic mass is 10.2. The van der Waals surface area contributed by atoms with Crippen LogP contribution in [0.4, 0.5) is 29.2 Å². The average Bonchev–Trinajstić information content (AvgIpc) is 2.68. The molecule has 2 N–H and O–H groups in total. The topological polar surface area (TPSA) is 75.1 Å². The first-order valence-corrected chi connectivity index (χ1v) is 10.0. The zero-order valence-corrected chi connectivity index (χ0v) is 17.8. The second kappa shape index (κ2) is 9.41. The Morgan fingerprint density at radius 3 is 2.14 bits per heavy atom. The molecule has 0 fully saturated rings. The second-order valence-electron chi connectivity index (χ2n) is 6.29. The number of nitrogens with zero attached hydrogens (tertiary/aromatic N) is 4. The molecule has 0 saturated carbocycles. The summed E-state index contributed by atoms with van der Waals surface area (Å²) >= 11 is 3.44. The molecular formula is C21H23BrN6. The van der Waals surface area contributed by atoms with Crippen LogP contribution in [0.3, 0.4) is 0 Å². The van der Waals surface area contributed by atoms with Gasteiger partial charge in [-0.1, -0.05) is 41.9 Å². The van der Waals surface area contributed by atoms with Gasteiger partial charge in [0.2, 0.25) is 11.9 Å². The van der Waals surface area contributed by atoms with Crippen molar-refractivity contribution in [2.45, 2.75) is 33.6 Å². The third-order valence-electron chi connectivity index (χ3n) is 4.07. The molecule has 3 aromatic rings. The monoisotopic (exact) mass is 438 g/mol. The molecule has 3 rings (SSSR count). The summed E-state index contributed by atoms with van der Waals surface area (Å²) in [5.41, 5.74) is 4.01. The third-order valence-corrected chi connectivity index (χ3v) is 4.60. The van der Waals surface area contributed by atoms with Crippen LogP contribution in [-0.2, 0) is 0 Å². The van der Waals surface area contributed by atoms with E-state index in [0.717, 1.165) is 40.0 Å². The van der Waals surface area contributed by atoms with Gasteiger partial charge in [-0.3, -0.25) is 0 Å². The van der Waals surface area contributed by atoms with Crippen LogP contribution in [0.2, 0.25) is 0 Å². The Bertz CT molecular complexity index is 963. The molecule has 0 unspecified atom stereocenters. The van der Waals surface area contributed by atoms with Crippen LogP contribution in [0.25, 0.3) is 0 Å². The minimum Gasteiger partial charge on any atom is -0.324 e.